The molecule has 7 heteroatoms. The standard InChI is InChI=1S/C16H23N5OS/c17-15(21-6-8-23-9-7-21)18-11-12-2-1-3-14(10-12)20-16(22)19-13-4-5-13/h1-3,10,13H,4-9,11H2,(H2,17,18)(H2,19,20,22). The largest absolute Gasteiger partial charge is 0.370 e. The van der Waals surface area contributed by atoms with E-state index >= 15 is 0 Å². The van der Waals surface area contributed by atoms with Gasteiger partial charge in [0.05, 0.1) is 6.54 Å². The second kappa shape index (κ2) is 7.59. The number of thioether (sulfide) groups is 1. The first-order valence-electron chi connectivity index (χ1n) is 8.00. The van der Waals surface area contributed by atoms with E-state index in [0.717, 1.165) is 48.7 Å². The summed E-state index contributed by atoms with van der Waals surface area (Å²) in [6.45, 7) is 2.45. The van der Waals surface area contributed by atoms with Gasteiger partial charge in [-0.15, -0.1) is 0 Å². The number of benzene rings is 1. The molecule has 124 valence electrons. The van der Waals surface area contributed by atoms with Crippen LogP contribution in [0.1, 0.15) is 18.4 Å². The summed E-state index contributed by atoms with van der Waals surface area (Å²) in [6.07, 6.45) is 2.16. The Labute approximate surface area is 140 Å². The Bertz CT molecular complexity index is 582. The van der Waals surface area contributed by atoms with Crippen molar-refractivity contribution in [3.05, 3.63) is 29.8 Å². The zero-order valence-corrected chi connectivity index (χ0v) is 13.9. The molecule has 2 aliphatic rings. The van der Waals surface area contributed by atoms with Gasteiger partial charge < -0.3 is 21.3 Å². The summed E-state index contributed by atoms with van der Waals surface area (Å²) < 4.78 is 0. The number of carbonyl (C=O) groups excluding carboxylic acids is 1. The van der Waals surface area contributed by atoms with Crippen molar-refractivity contribution in [1.82, 2.24) is 10.2 Å². The number of guanidine groups is 1. The number of nitrogens with two attached hydrogens (primary N) is 1. The fourth-order valence-electron chi connectivity index (χ4n) is 2.39. The van der Waals surface area contributed by atoms with Crippen molar-refractivity contribution in [2.75, 3.05) is 29.9 Å². The molecule has 1 saturated heterocycles. The number of nitrogens with one attached hydrogen (secondary N) is 2. The average molecular weight is 333 g/mol. The fraction of sp³-hybridized carbons (Fsp3) is 0.500. The van der Waals surface area contributed by atoms with Gasteiger partial charge in [-0.25, -0.2) is 9.79 Å². The molecule has 1 aliphatic carbocycles. The molecule has 0 bridgehead atoms. The van der Waals surface area contributed by atoms with E-state index in [1.54, 1.807) is 0 Å². The summed E-state index contributed by atoms with van der Waals surface area (Å²) in [5.41, 5.74) is 7.88. The predicted octanol–water partition coefficient (Wildman–Crippen LogP) is 1.83. The van der Waals surface area contributed by atoms with Crippen molar-refractivity contribution in [1.29, 1.82) is 0 Å². The van der Waals surface area contributed by atoms with Gasteiger partial charge in [0, 0.05) is 36.3 Å². The van der Waals surface area contributed by atoms with E-state index < -0.39 is 0 Å². The third kappa shape index (κ3) is 5.06. The molecule has 0 aromatic heterocycles. The van der Waals surface area contributed by atoms with Crippen LogP contribution in [0.4, 0.5) is 10.5 Å². The Morgan fingerprint density at radius 1 is 1.35 bits per heavy atom. The van der Waals surface area contributed by atoms with Gasteiger partial charge in [0.25, 0.3) is 0 Å². The van der Waals surface area contributed by atoms with E-state index in [1.165, 1.54) is 0 Å². The zero-order chi connectivity index (χ0) is 16.1. The Hall–Kier alpha value is -1.89. The van der Waals surface area contributed by atoms with Crippen LogP contribution in [0.15, 0.2) is 29.3 Å². The first-order chi connectivity index (χ1) is 11.2. The summed E-state index contributed by atoms with van der Waals surface area (Å²) in [7, 11) is 0. The zero-order valence-electron chi connectivity index (χ0n) is 13.1. The molecule has 4 N–H and O–H groups in total. The number of carbonyl (C=O) groups is 1. The van der Waals surface area contributed by atoms with Crippen LogP contribution in [0.25, 0.3) is 0 Å². The van der Waals surface area contributed by atoms with E-state index in [0.29, 0.717) is 18.5 Å². The van der Waals surface area contributed by atoms with Crippen molar-refractivity contribution in [3.63, 3.8) is 0 Å². The molecule has 23 heavy (non-hydrogen) atoms. The van der Waals surface area contributed by atoms with Crippen molar-refractivity contribution >= 4 is 29.4 Å². The van der Waals surface area contributed by atoms with E-state index in [-0.39, 0.29) is 6.03 Å². The number of hydrogen-bond acceptors (Lipinski definition) is 3. The SMILES string of the molecule is NC(=NCc1cccc(NC(=O)NC2CC2)c1)N1CCSCC1. The highest BCUT2D eigenvalue weighted by molar-refractivity contribution is 7.99. The van der Waals surface area contributed by atoms with Gasteiger partial charge in [0.1, 0.15) is 0 Å². The van der Waals surface area contributed by atoms with Crippen LogP contribution in [0.3, 0.4) is 0 Å². The quantitative estimate of drug-likeness (QED) is 0.580. The molecule has 0 atom stereocenters. The maximum absolute atomic E-state index is 11.8. The van der Waals surface area contributed by atoms with Gasteiger partial charge in [0.15, 0.2) is 5.96 Å². The number of anilines is 1. The van der Waals surface area contributed by atoms with Crippen LogP contribution in [0.5, 0.6) is 0 Å². The highest BCUT2D eigenvalue weighted by Crippen LogP contribution is 2.19. The lowest BCUT2D eigenvalue weighted by Gasteiger charge is -2.27. The lowest BCUT2D eigenvalue weighted by atomic mass is 10.2. The van der Waals surface area contributed by atoms with Gasteiger partial charge in [-0.3, -0.25) is 0 Å². The first kappa shape index (κ1) is 16.0. The normalized spacial score (nSPS) is 18.6. The molecule has 1 heterocycles. The topological polar surface area (TPSA) is 82.7 Å². The predicted molar refractivity (Wildman–Crippen MR) is 95.8 cm³/mol. The number of urea groups is 1. The van der Waals surface area contributed by atoms with E-state index in [2.05, 4.69) is 20.5 Å². The van der Waals surface area contributed by atoms with Crippen LogP contribution >= 0.6 is 11.8 Å². The van der Waals surface area contributed by atoms with E-state index in [9.17, 15) is 4.79 Å². The van der Waals surface area contributed by atoms with Gasteiger partial charge in [0.2, 0.25) is 0 Å². The Morgan fingerprint density at radius 2 is 2.13 bits per heavy atom. The lowest BCUT2D eigenvalue weighted by molar-refractivity contribution is 0.251. The fourth-order valence-corrected chi connectivity index (χ4v) is 3.30. The molecule has 6 nitrogen and oxygen atoms in total. The van der Waals surface area contributed by atoms with E-state index in [4.69, 9.17) is 5.73 Å². The summed E-state index contributed by atoms with van der Waals surface area (Å²) in [6, 6.07) is 7.95. The number of aliphatic imine (C=N–C) groups is 1. The summed E-state index contributed by atoms with van der Waals surface area (Å²) >= 11 is 1.95. The highest BCUT2D eigenvalue weighted by atomic mass is 32.2. The van der Waals surface area contributed by atoms with Crippen molar-refractivity contribution in [2.24, 2.45) is 10.7 Å². The monoisotopic (exact) mass is 333 g/mol. The molecule has 1 aromatic carbocycles. The molecule has 2 amide bonds. The first-order valence-corrected chi connectivity index (χ1v) is 9.15. The maximum Gasteiger partial charge on any atom is 0.319 e. The van der Waals surface area contributed by atoms with Gasteiger partial charge in [-0.2, -0.15) is 11.8 Å². The second-order valence-electron chi connectivity index (χ2n) is 5.85. The van der Waals surface area contributed by atoms with Gasteiger partial charge in [-0.1, -0.05) is 12.1 Å². The van der Waals surface area contributed by atoms with Crippen molar-refractivity contribution < 1.29 is 4.79 Å². The third-order valence-electron chi connectivity index (χ3n) is 3.86. The molecule has 2 fully saturated rings. The molecule has 0 unspecified atom stereocenters. The van der Waals surface area contributed by atoms with Gasteiger partial charge >= 0.3 is 6.03 Å². The molecule has 1 aliphatic heterocycles. The van der Waals surface area contributed by atoms with Crippen molar-refractivity contribution in [3.8, 4) is 0 Å². The van der Waals surface area contributed by atoms with E-state index in [1.807, 2.05) is 36.0 Å². The average Bonchev–Trinajstić information content (AvgIpc) is 3.37. The number of amides is 2. The molecule has 3 rings (SSSR count). The molecule has 0 radical (unpaired) electrons. The molecule has 1 aromatic rings. The number of rotatable bonds is 4. The highest BCUT2D eigenvalue weighted by Gasteiger charge is 2.23. The summed E-state index contributed by atoms with van der Waals surface area (Å²) in [4.78, 5) is 18.4. The molecule has 1 saturated carbocycles. The Morgan fingerprint density at radius 3 is 2.87 bits per heavy atom. The Kier molecular flexibility index (Phi) is 5.27. The third-order valence-corrected chi connectivity index (χ3v) is 4.80. The minimum atomic E-state index is -0.140. The van der Waals surface area contributed by atoms with Crippen molar-refractivity contribution in [2.45, 2.75) is 25.4 Å². The van der Waals surface area contributed by atoms with Crippen LogP contribution in [0.2, 0.25) is 0 Å². The molecule has 0 spiro atoms. The van der Waals surface area contributed by atoms with Crippen LogP contribution in [-0.2, 0) is 6.54 Å². The van der Waals surface area contributed by atoms with Crippen LogP contribution in [-0.4, -0.2) is 47.5 Å². The molecular weight excluding hydrogens is 310 g/mol. The lowest BCUT2D eigenvalue weighted by Crippen LogP contribution is -2.42. The second-order valence-corrected chi connectivity index (χ2v) is 7.07. The van der Waals surface area contributed by atoms with Crippen LogP contribution in [0, 0.1) is 0 Å². The smallest absolute Gasteiger partial charge is 0.319 e. The molecular formula is C16H23N5OS. The number of hydrogen-bond donors (Lipinski definition) is 3. The maximum atomic E-state index is 11.8. The van der Waals surface area contributed by atoms with Gasteiger partial charge in [-0.05, 0) is 30.5 Å². The minimum absolute atomic E-state index is 0.140. The minimum Gasteiger partial charge on any atom is -0.370 e. The number of nitrogens with zero attached hydrogens (tertiary/aromatic N) is 2. The Balaban J connectivity index is 1.54. The summed E-state index contributed by atoms with van der Waals surface area (Å²) in [5, 5.41) is 5.77. The summed E-state index contributed by atoms with van der Waals surface area (Å²) in [5.74, 6) is 2.81. The van der Waals surface area contributed by atoms with Crippen LogP contribution < -0.4 is 16.4 Å².